The maximum Gasteiger partial charge on any atom is 0.331 e. The van der Waals surface area contributed by atoms with Crippen LogP contribution in [0.1, 0.15) is 27.2 Å². The van der Waals surface area contributed by atoms with Crippen LogP contribution in [0, 0.1) is 5.92 Å². The summed E-state index contributed by atoms with van der Waals surface area (Å²) in [5.41, 5.74) is -0.254. The van der Waals surface area contributed by atoms with Crippen LogP contribution in [-0.2, 0) is 9.59 Å². The molecule has 0 rings (SSSR count). The van der Waals surface area contributed by atoms with E-state index in [0.717, 1.165) is 6.08 Å². The largest absolute Gasteiger partial charge is 0.478 e. The van der Waals surface area contributed by atoms with E-state index < -0.39 is 23.6 Å². The van der Waals surface area contributed by atoms with Crippen molar-refractivity contribution in [3.05, 3.63) is 23.3 Å². The average molecular weight is 258 g/mol. The molecular formula is C12H18O6. The first-order valence-corrected chi connectivity index (χ1v) is 5.41. The van der Waals surface area contributed by atoms with Crippen molar-refractivity contribution in [3.63, 3.8) is 0 Å². The number of carboxylic acid groups (broad SMARTS) is 2. The number of hydrogen-bond donors (Lipinski definition) is 4. The molecular weight excluding hydrogens is 240 g/mol. The van der Waals surface area contributed by atoms with Crippen molar-refractivity contribution in [2.24, 2.45) is 5.92 Å². The van der Waals surface area contributed by atoms with Gasteiger partial charge in [0.25, 0.3) is 0 Å². The Bertz CT molecular complexity index is 391. The van der Waals surface area contributed by atoms with Crippen molar-refractivity contribution < 1.29 is 30.0 Å². The topological polar surface area (TPSA) is 115 Å². The first-order valence-electron chi connectivity index (χ1n) is 5.41. The molecule has 4 N–H and O–H groups in total. The summed E-state index contributed by atoms with van der Waals surface area (Å²) in [5.74, 6) is -5.73. The maximum absolute atomic E-state index is 10.7. The Morgan fingerprint density at radius 3 is 1.89 bits per heavy atom. The molecule has 0 fully saturated rings. The number of rotatable bonds is 6. The third kappa shape index (κ3) is 4.68. The van der Waals surface area contributed by atoms with Crippen LogP contribution in [0.4, 0.5) is 0 Å². The number of aliphatic hydroxyl groups is 2. The van der Waals surface area contributed by atoms with Crippen LogP contribution in [0.3, 0.4) is 0 Å². The van der Waals surface area contributed by atoms with Gasteiger partial charge in [0.2, 0.25) is 0 Å². The van der Waals surface area contributed by atoms with Crippen LogP contribution in [0.5, 0.6) is 0 Å². The predicted molar refractivity (Wildman–Crippen MR) is 63.7 cm³/mol. The van der Waals surface area contributed by atoms with Gasteiger partial charge in [-0.2, -0.15) is 0 Å². The summed E-state index contributed by atoms with van der Waals surface area (Å²) in [7, 11) is 0. The molecule has 0 spiro atoms. The Morgan fingerprint density at radius 1 is 1.11 bits per heavy atom. The first kappa shape index (κ1) is 16.3. The van der Waals surface area contributed by atoms with Gasteiger partial charge in [-0.15, -0.1) is 0 Å². The van der Waals surface area contributed by atoms with Crippen LogP contribution in [0.25, 0.3) is 0 Å². The molecule has 0 saturated carbocycles. The number of hydrogen-bond acceptors (Lipinski definition) is 4. The monoisotopic (exact) mass is 258 g/mol. The number of carbonyl (C=O) groups is 2. The van der Waals surface area contributed by atoms with E-state index in [-0.39, 0.29) is 17.6 Å². The molecule has 0 aromatic heterocycles. The normalized spacial score (nSPS) is 15.4. The molecule has 102 valence electrons. The first-order chi connectivity index (χ1) is 8.11. The summed E-state index contributed by atoms with van der Waals surface area (Å²) in [6.07, 6.45) is 2.25. The fourth-order valence-corrected chi connectivity index (χ4v) is 1.40. The van der Waals surface area contributed by atoms with Crippen LogP contribution >= 0.6 is 0 Å². The molecule has 0 saturated heterocycles. The molecule has 6 nitrogen and oxygen atoms in total. The Morgan fingerprint density at radius 2 is 1.56 bits per heavy atom. The maximum atomic E-state index is 10.7. The van der Waals surface area contributed by atoms with Crippen molar-refractivity contribution in [2.75, 3.05) is 0 Å². The highest BCUT2D eigenvalue weighted by Crippen LogP contribution is 2.24. The summed E-state index contributed by atoms with van der Waals surface area (Å²) < 4.78 is 0. The Balaban J connectivity index is 5.29. The smallest absolute Gasteiger partial charge is 0.331 e. The third-order valence-corrected chi connectivity index (χ3v) is 2.54. The van der Waals surface area contributed by atoms with Gasteiger partial charge in [0.1, 0.15) is 0 Å². The van der Waals surface area contributed by atoms with Crippen molar-refractivity contribution in [2.45, 2.75) is 33.0 Å². The zero-order chi connectivity index (χ0) is 14.5. The van der Waals surface area contributed by atoms with E-state index in [1.165, 1.54) is 19.9 Å². The van der Waals surface area contributed by atoms with Gasteiger partial charge in [-0.05, 0) is 26.3 Å². The van der Waals surface area contributed by atoms with Crippen LogP contribution < -0.4 is 0 Å². The van der Waals surface area contributed by atoms with E-state index in [2.05, 4.69) is 0 Å². The highest BCUT2D eigenvalue weighted by molar-refractivity contribution is 5.86. The van der Waals surface area contributed by atoms with Gasteiger partial charge in [-0.25, -0.2) is 9.59 Å². The molecule has 0 radical (unpaired) electrons. The second-order valence-electron chi connectivity index (χ2n) is 4.09. The lowest BCUT2D eigenvalue weighted by molar-refractivity contribution is -0.150. The lowest BCUT2D eigenvalue weighted by Gasteiger charge is -2.26. The summed E-state index contributed by atoms with van der Waals surface area (Å²) >= 11 is 0. The molecule has 0 aromatic carbocycles. The minimum absolute atomic E-state index is 0.0318. The molecule has 0 aromatic rings. The zero-order valence-electron chi connectivity index (χ0n) is 10.5. The van der Waals surface area contributed by atoms with Crippen LogP contribution in [-0.4, -0.2) is 38.2 Å². The standard InChI is InChI=1S/C12H18O6/c1-4-9(5-7(2)10(13)14)12(17,18)6-8(3)11(15)16/h5-6,9,17-18H,4H2,1-3H3,(H,13,14)(H,15,16). The molecule has 6 heteroatoms. The third-order valence-electron chi connectivity index (χ3n) is 2.54. The molecule has 18 heavy (non-hydrogen) atoms. The zero-order valence-corrected chi connectivity index (χ0v) is 10.5. The SMILES string of the molecule is CCC(C=C(C)C(=O)O)C(O)(O)C=C(C)C(=O)O. The second kappa shape index (κ2) is 6.32. The minimum Gasteiger partial charge on any atom is -0.478 e. The van der Waals surface area contributed by atoms with Gasteiger partial charge in [0.15, 0.2) is 5.79 Å². The Labute approximate surface area is 105 Å². The van der Waals surface area contributed by atoms with Gasteiger partial charge >= 0.3 is 11.9 Å². The molecule has 0 aliphatic rings. The highest BCUT2D eigenvalue weighted by Gasteiger charge is 2.30. The summed E-state index contributed by atoms with van der Waals surface area (Å²) in [4.78, 5) is 21.3. The molecule has 0 bridgehead atoms. The van der Waals surface area contributed by atoms with Gasteiger partial charge in [0.05, 0.1) is 0 Å². The number of carboxylic acids is 2. The molecule has 0 aliphatic heterocycles. The van der Waals surface area contributed by atoms with Crippen molar-refractivity contribution in [1.82, 2.24) is 0 Å². The van der Waals surface area contributed by atoms with Crippen LogP contribution in [0.2, 0.25) is 0 Å². The van der Waals surface area contributed by atoms with Gasteiger partial charge < -0.3 is 20.4 Å². The molecule has 1 unspecified atom stereocenters. The van der Waals surface area contributed by atoms with E-state index >= 15 is 0 Å². The van der Waals surface area contributed by atoms with Crippen molar-refractivity contribution in [3.8, 4) is 0 Å². The Kier molecular flexibility index (Phi) is 5.74. The molecule has 0 amide bonds. The van der Waals surface area contributed by atoms with Gasteiger partial charge in [-0.1, -0.05) is 13.0 Å². The van der Waals surface area contributed by atoms with E-state index in [1.54, 1.807) is 6.92 Å². The lowest BCUT2D eigenvalue weighted by Crippen LogP contribution is -2.35. The van der Waals surface area contributed by atoms with Gasteiger partial charge in [-0.3, -0.25) is 0 Å². The van der Waals surface area contributed by atoms with E-state index in [0.29, 0.717) is 0 Å². The van der Waals surface area contributed by atoms with E-state index in [9.17, 15) is 19.8 Å². The highest BCUT2D eigenvalue weighted by atomic mass is 16.5. The summed E-state index contributed by atoms with van der Waals surface area (Å²) in [6, 6.07) is 0. The van der Waals surface area contributed by atoms with Gasteiger partial charge in [0, 0.05) is 17.1 Å². The average Bonchev–Trinajstić information content (AvgIpc) is 2.23. The van der Waals surface area contributed by atoms with Crippen molar-refractivity contribution >= 4 is 11.9 Å². The van der Waals surface area contributed by atoms with Crippen LogP contribution in [0.15, 0.2) is 23.3 Å². The fourth-order valence-electron chi connectivity index (χ4n) is 1.40. The number of aliphatic carboxylic acids is 2. The fraction of sp³-hybridized carbons (Fsp3) is 0.500. The Hall–Kier alpha value is -1.66. The molecule has 1 atom stereocenters. The van der Waals surface area contributed by atoms with Crippen molar-refractivity contribution in [1.29, 1.82) is 0 Å². The molecule has 0 heterocycles. The lowest BCUT2D eigenvalue weighted by atomic mass is 9.92. The van der Waals surface area contributed by atoms with E-state index in [4.69, 9.17) is 10.2 Å². The summed E-state index contributed by atoms with van der Waals surface area (Å²) in [5, 5.41) is 37.0. The summed E-state index contributed by atoms with van der Waals surface area (Å²) in [6.45, 7) is 4.19. The molecule has 0 aliphatic carbocycles. The predicted octanol–water partition coefficient (Wildman–Crippen LogP) is 0.755. The second-order valence-corrected chi connectivity index (χ2v) is 4.09. The quantitative estimate of drug-likeness (QED) is 0.413. The van der Waals surface area contributed by atoms with E-state index in [1.807, 2.05) is 0 Å². The minimum atomic E-state index is -2.39.